The average Bonchev–Trinajstić information content (AvgIpc) is 2.59. The van der Waals surface area contributed by atoms with E-state index in [1.54, 1.807) is 18.3 Å². The van der Waals surface area contributed by atoms with Crippen LogP contribution < -0.4 is 0 Å². The molecular formula is C11H6ClFN2. The SMILES string of the molecule is Fc1cccc2[nH]c3c(Cl)nccc3c12. The molecule has 3 rings (SSSR count). The van der Waals surface area contributed by atoms with Gasteiger partial charge in [-0.1, -0.05) is 17.7 Å². The Morgan fingerprint density at radius 1 is 1.27 bits per heavy atom. The zero-order chi connectivity index (χ0) is 10.4. The van der Waals surface area contributed by atoms with Crippen molar-refractivity contribution in [3.05, 3.63) is 41.4 Å². The summed E-state index contributed by atoms with van der Waals surface area (Å²) in [5, 5.41) is 1.70. The van der Waals surface area contributed by atoms with Gasteiger partial charge in [0.2, 0.25) is 0 Å². The van der Waals surface area contributed by atoms with E-state index in [2.05, 4.69) is 9.97 Å². The average molecular weight is 221 g/mol. The quantitative estimate of drug-likeness (QED) is 0.577. The topological polar surface area (TPSA) is 28.7 Å². The molecule has 0 saturated heterocycles. The van der Waals surface area contributed by atoms with E-state index in [0.29, 0.717) is 16.1 Å². The number of benzene rings is 1. The van der Waals surface area contributed by atoms with Crippen LogP contribution in [-0.2, 0) is 0 Å². The van der Waals surface area contributed by atoms with Crippen LogP contribution in [0.3, 0.4) is 0 Å². The second kappa shape index (κ2) is 2.94. The Morgan fingerprint density at radius 2 is 2.13 bits per heavy atom. The summed E-state index contributed by atoms with van der Waals surface area (Å²) < 4.78 is 13.6. The number of nitrogens with one attached hydrogen (secondary N) is 1. The van der Waals surface area contributed by atoms with E-state index < -0.39 is 0 Å². The first-order chi connectivity index (χ1) is 7.27. The Kier molecular flexibility index (Phi) is 1.70. The van der Waals surface area contributed by atoms with Crippen molar-refractivity contribution < 1.29 is 4.39 Å². The summed E-state index contributed by atoms with van der Waals surface area (Å²) >= 11 is 5.92. The lowest BCUT2D eigenvalue weighted by molar-refractivity contribution is 0.640. The molecule has 0 aliphatic rings. The van der Waals surface area contributed by atoms with Crippen LogP contribution in [0.5, 0.6) is 0 Å². The van der Waals surface area contributed by atoms with E-state index in [4.69, 9.17) is 11.6 Å². The van der Waals surface area contributed by atoms with Gasteiger partial charge in [-0.25, -0.2) is 9.37 Å². The highest BCUT2D eigenvalue weighted by molar-refractivity contribution is 6.35. The minimum atomic E-state index is -0.249. The van der Waals surface area contributed by atoms with E-state index in [0.717, 1.165) is 10.9 Å². The maximum absolute atomic E-state index is 13.6. The number of aromatic nitrogens is 2. The van der Waals surface area contributed by atoms with Crippen molar-refractivity contribution in [2.24, 2.45) is 0 Å². The third-order valence-corrected chi connectivity index (χ3v) is 2.73. The molecular weight excluding hydrogens is 215 g/mol. The van der Waals surface area contributed by atoms with Crippen LogP contribution in [0.1, 0.15) is 0 Å². The molecule has 0 bridgehead atoms. The van der Waals surface area contributed by atoms with E-state index in [-0.39, 0.29) is 5.82 Å². The Labute approximate surface area is 89.7 Å². The molecule has 2 aromatic heterocycles. The number of nitrogens with zero attached hydrogens (tertiary/aromatic N) is 1. The summed E-state index contributed by atoms with van der Waals surface area (Å²) in [4.78, 5) is 7.00. The zero-order valence-electron chi connectivity index (χ0n) is 7.59. The summed E-state index contributed by atoms with van der Waals surface area (Å²) in [7, 11) is 0. The number of hydrogen-bond donors (Lipinski definition) is 1. The number of rotatable bonds is 0. The maximum Gasteiger partial charge on any atom is 0.153 e. The first kappa shape index (κ1) is 8.68. The summed E-state index contributed by atoms with van der Waals surface area (Å²) in [6.07, 6.45) is 1.57. The molecule has 0 radical (unpaired) electrons. The summed E-state index contributed by atoms with van der Waals surface area (Å²) in [5.41, 5.74) is 1.42. The van der Waals surface area contributed by atoms with Gasteiger partial charge in [0.05, 0.1) is 5.52 Å². The fraction of sp³-hybridized carbons (Fsp3) is 0. The van der Waals surface area contributed by atoms with Gasteiger partial charge in [0.25, 0.3) is 0 Å². The lowest BCUT2D eigenvalue weighted by Gasteiger charge is -1.92. The Morgan fingerprint density at radius 3 is 3.00 bits per heavy atom. The third-order valence-electron chi connectivity index (χ3n) is 2.45. The molecule has 3 aromatic rings. The molecule has 0 fully saturated rings. The van der Waals surface area contributed by atoms with Crippen LogP contribution >= 0.6 is 11.6 Å². The van der Waals surface area contributed by atoms with Crippen molar-refractivity contribution in [2.45, 2.75) is 0 Å². The zero-order valence-corrected chi connectivity index (χ0v) is 8.35. The summed E-state index contributed by atoms with van der Waals surface area (Å²) in [5.74, 6) is -0.249. The first-order valence-corrected chi connectivity index (χ1v) is 4.85. The summed E-state index contributed by atoms with van der Waals surface area (Å²) in [6, 6.07) is 6.66. The second-order valence-corrected chi connectivity index (χ2v) is 3.67. The Bertz CT molecular complexity index is 660. The smallest absolute Gasteiger partial charge is 0.153 e. The van der Waals surface area contributed by atoms with Crippen molar-refractivity contribution in [3.63, 3.8) is 0 Å². The van der Waals surface area contributed by atoms with Crippen LogP contribution in [0.2, 0.25) is 5.15 Å². The van der Waals surface area contributed by atoms with E-state index in [1.165, 1.54) is 6.07 Å². The molecule has 15 heavy (non-hydrogen) atoms. The lowest BCUT2D eigenvalue weighted by Crippen LogP contribution is -1.76. The molecule has 0 atom stereocenters. The van der Waals surface area contributed by atoms with Crippen molar-refractivity contribution in [2.75, 3.05) is 0 Å². The number of pyridine rings is 1. The first-order valence-electron chi connectivity index (χ1n) is 4.48. The number of H-pyrrole nitrogens is 1. The molecule has 74 valence electrons. The predicted molar refractivity (Wildman–Crippen MR) is 58.6 cm³/mol. The minimum absolute atomic E-state index is 0.249. The standard InChI is InChI=1S/C11H6ClFN2/c12-11-10-6(4-5-14-11)9-7(13)2-1-3-8(9)15-10/h1-5,15H. The maximum atomic E-state index is 13.6. The van der Waals surface area contributed by atoms with Gasteiger partial charge in [-0.3, -0.25) is 0 Å². The fourth-order valence-electron chi connectivity index (χ4n) is 1.80. The van der Waals surface area contributed by atoms with Gasteiger partial charge in [0.15, 0.2) is 5.15 Å². The van der Waals surface area contributed by atoms with E-state index in [1.807, 2.05) is 6.07 Å². The van der Waals surface area contributed by atoms with Gasteiger partial charge in [-0.15, -0.1) is 0 Å². The van der Waals surface area contributed by atoms with Gasteiger partial charge in [-0.05, 0) is 18.2 Å². The molecule has 2 heterocycles. The molecule has 0 saturated carbocycles. The van der Waals surface area contributed by atoms with Gasteiger partial charge in [0.1, 0.15) is 5.82 Å². The Hall–Kier alpha value is -1.61. The van der Waals surface area contributed by atoms with Gasteiger partial charge >= 0.3 is 0 Å². The van der Waals surface area contributed by atoms with Crippen molar-refractivity contribution in [1.82, 2.24) is 9.97 Å². The molecule has 1 N–H and O–H groups in total. The van der Waals surface area contributed by atoms with Crippen LogP contribution in [0.25, 0.3) is 21.8 Å². The van der Waals surface area contributed by atoms with Crippen LogP contribution in [0.4, 0.5) is 4.39 Å². The Balaban J connectivity index is 2.65. The molecule has 0 amide bonds. The molecule has 0 spiro atoms. The van der Waals surface area contributed by atoms with Gasteiger partial charge in [-0.2, -0.15) is 0 Å². The highest BCUT2D eigenvalue weighted by Gasteiger charge is 2.10. The highest BCUT2D eigenvalue weighted by atomic mass is 35.5. The molecule has 0 aliphatic carbocycles. The number of aromatic amines is 1. The van der Waals surface area contributed by atoms with Crippen molar-refractivity contribution >= 4 is 33.4 Å². The molecule has 0 aliphatic heterocycles. The molecule has 4 heteroatoms. The van der Waals surface area contributed by atoms with E-state index in [9.17, 15) is 4.39 Å². The molecule has 1 aromatic carbocycles. The third kappa shape index (κ3) is 1.13. The van der Waals surface area contributed by atoms with E-state index >= 15 is 0 Å². The lowest BCUT2D eigenvalue weighted by atomic mass is 10.2. The van der Waals surface area contributed by atoms with Gasteiger partial charge in [0, 0.05) is 22.5 Å². The van der Waals surface area contributed by atoms with Crippen LogP contribution in [0, 0.1) is 5.82 Å². The predicted octanol–water partition coefficient (Wildman–Crippen LogP) is 3.51. The van der Waals surface area contributed by atoms with Gasteiger partial charge < -0.3 is 4.98 Å². The molecule has 2 nitrogen and oxygen atoms in total. The van der Waals surface area contributed by atoms with Crippen LogP contribution in [0.15, 0.2) is 30.5 Å². The normalized spacial score (nSPS) is 11.3. The fourth-order valence-corrected chi connectivity index (χ4v) is 2.01. The minimum Gasteiger partial charge on any atom is -0.352 e. The summed E-state index contributed by atoms with van der Waals surface area (Å²) in [6.45, 7) is 0. The highest BCUT2D eigenvalue weighted by Crippen LogP contribution is 2.30. The monoisotopic (exact) mass is 220 g/mol. The number of hydrogen-bond acceptors (Lipinski definition) is 1. The largest absolute Gasteiger partial charge is 0.352 e. The second-order valence-electron chi connectivity index (χ2n) is 3.31. The van der Waals surface area contributed by atoms with Crippen LogP contribution in [-0.4, -0.2) is 9.97 Å². The molecule has 0 unspecified atom stereocenters. The number of fused-ring (bicyclic) bond motifs is 3. The number of halogens is 2. The van der Waals surface area contributed by atoms with Crippen molar-refractivity contribution in [1.29, 1.82) is 0 Å². The van der Waals surface area contributed by atoms with Crippen molar-refractivity contribution in [3.8, 4) is 0 Å².